The van der Waals surface area contributed by atoms with E-state index in [2.05, 4.69) is 10.2 Å². The molecule has 0 aliphatic heterocycles. The molecule has 0 radical (unpaired) electrons. The van der Waals surface area contributed by atoms with Gasteiger partial charge in [0.2, 0.25) is 0 Å². The SMILES string of the molecule is COc1cc(C)c(F)cc1-c1cn[nH]c1. The maximum absolute atomic E-state index is 13.4. The highest BCUT2D eigenvalue weighted by Gasteiger charge is 2.10. The first-order valence-corrected chi connectivity index (χ1v) is 4.55. The van der Waals surface area contributed by atoms with Crippen LogP contribution in [0.4, 0.5) is 4.39 Å². The Labute approximate surface area is 86.9 Å². The summed E-state index contributed by atoms with van der Waals surface area (Å²) in [6, 6.07) is 3.14. The van der Waals surface area contributed by atoms with E-state index >= 15 is 0 Å². The third-order valence-corrected chi connectivity index (χ3v) is 2.29. The van der Waals surface area contributed by atoms with Crippen molar-refractivity contribution in [1.29, 1.82) is 0 Å². The van der Waals surface area contributed by atoms with Gasteiger partial charge in [-0.1, -0.05) is 0 Å². The number of nitrogens with zero attached hydrogens (tertiary/aromatic N) is 1. The summed E-state index contributed by atoms with van der Waals surface area (Å²) >= 11 is 0. The summed E-state index contributed by atoms with van der Waals surface area (Å²) in [7, 11) is 1.57. The van der Waals surface area contributed by atoms with Crippen molar-refractivity contribution < 1.29 is 9.13 Å². The van der Waals surface area contributed by atoms with Crippen LogP contribution >= 0.6 is 0 Å². The van der Waals surface area contributed by atoms with Crippen LogP contribution in [0.1, 0.15) is 5.56 Å². The summed E-state index contributed by atoms with van der Waals surface area (Å²) in [6.07, 6.45) is 3.33. The second-order valence-electron chi connectivity index (χ2n) is 3.29. The number of rotatable bonds is 2. The molecule has 2 aromatic rings. The van der Waals surface area contributed by atoms with Crippen molar-refractivity contribution in [1.82, 2.24) is 10.2 Å². The monoisotopic (exact) mass is 206 g/mol. The van der Waals surface area contributed by atoms with Gasteiger partial charge in [0.1, 0.15) is 11.6 Å². The first-order valence-electron chi connectivity index (χ1n) is 4.55. The van der Waals surface area contributed by atoms with Crippen LogP contribution in [0.3, 0.4) is 0 Å². The molecule has 0 spiro atoms. The van der Waals surface area contributed by atoms with E-state index in [1.54, 1.807) is 32.5 Å². The Hall–Kier alpha value is -1.84. The van der Waals surface area contributed by atoms with Gasteiger partial charge in [-0.2, -0.15) is 5.10 Å². The Morgan fingerprint density at radius 1 is 1.40 bits per heavy atom. The number of nitrogens with one attached hydrogen (secondary N) is 1. The molecule has 3 nitrogen and oxygen atoms in total. The molecule has 1 aromatic carbocycles. The molecule has 0 bridgehead atoms. The maximum atomic E-state index is 13.4. The Morgan fingerprint density at radius 2 is 2.20 bits per heavy atom. The van der Waals surface area contributed by atoms with E-state index in [1.165, 1.54) is 6.07 Å². The van der Waals surface area contributed by atoms with Crippen molar-refractivity contribution in [3.63, 3.8) is 0 Å². The topological polar surface area (TPSA) is 37.9 Å². The lowest BCUT2D eigenvalue weighted by Gasteiger charge is -2.08. The fraction of sp³-hybridized carbons (Fsp3) is 0.182. The molecule has 78 valence electrons. The van der Waals surface area contributed by atoms with Crippen LogP contribution in [-0.2, 0) is 0 Å². The van der Waals surface area contributed by atoms with E-state index in [4.69, 9.17) is 4.74 Å². The van der Waals surface area contributed by atoms with Crippen molar-refractivity contribution in [2.45, 2.75) is 6.92 Å². The van der Waals surface area contributed by atoms with Gasteiger partial charge in [-0.05, 0) is 24.6 Å². The lowest BCUT2D eigenvalue weighted by atomic mass is 10.1. The normalized spacial score (nSPS) is 10.3. The smallest absolute Gasteiger partial charge is 0.127 e. The number of benzene rings is 1. The minimum Gasteiger partial charge on any atom is -0.496 e. The average molecular weight is 206 g/mol. The summed E-state index contributed by atoms with van der Waals surface area (Å²) < 4.78 is 18.6. The Balaban J connectivity index is 2.60. The number of ether oxygens (including phenoxy) is 1. The standard InChI is InChI=1S/C11H11FN2O/c1-7-3-11(15-2)9(4-10(7)12)8-5-13-14-6-8/h3-6H,1-2H3,(H,13,14). The summed E-state index contributed by atoms with van der Waals surface area (Å²) in [5.74, 6) is 0.405. The van der Waals surface area contributed by atoms with Crippen molar-refractivity contribution in [3.8, 4) is 16.9 Å². The third-order valence-electron chi connectivity index (χ3n) is 2.29. The molecule has 1 N–H and O–H groups in total. The van der Waals surface area contributed by atoms with Crippen LogP contribution in [0.2, 0.25) is 0 Å². The second kappa shape index (κ2) is 3.73. The molecule has 1 aromatic heterocycles. The van der Waals surface area contributed by atoms with Crippen LogP contribution in [0.5, 0.6) is 5.75 Å². The minimum atomic E-state index is -0.244. The van der Waals surface area contributed by atoms with Gasteiger partial charge in [0.25, 0.3) is 0 Å². The quantitative estimate of drug-likeness (QED) is 0.819. The molecule has 15 heavy (non-hydrogen) atoms. The Kier molecular flexibility index (Phi) is 2.41. The Morgan fingerprint density at radius 3 is 2.80 bits per heavy atom. The van der Waals surface area contributed by atoms with Crippen LogP contribution in [0.25, 0.3) is 11.1 Å². The van der Waals surface area contributed by atoms with Crippen molar-refractivity contribution >= 4 is 0 Å². The number of hydrogen-bond acceptors (Lipinski definition) is 2. The first-order chi connectivity index (χ1) is 7.22. The number of H-pyrrole nitrogens is 1. The zero-order valence-electron chi connectivity index (χ0n) is 8.54. The van der Waals surface area contributed by atoms with Gasteiger partial charge >= 0.3 is 0 Å². The van der Waals surface area contributed by atoms with Crippen LogP contribution < -0.4 is 4.74 Å². The molecule has 4 heteroatoms. The lowest BCUT2D eigenvalue weighted by Crippen LogP contribution is -1.91. The van der Waals surface area contributed by atoms with Crippen LogP contribution in [-0.4, -0.2) is 17.3 Å². The number of aryl methyl sites for hydroxylation is 1. The summed E-state index contributed by atoms with van der Waals surface area (Å²) in [5.41, 5.74) is 2.08. The molecule has 0 fully saturated rings. The van der Waals surface area contributed by atoms with Gasteiger partial charge in [-0.25, -0.2) is 4.39 Å². The predicted molar refractivity (Wildman–Crippen MR) is 55.3 cm³/mol. The average Bonchev–Trinajstić information content (AvgIpc) is 2.74. The second-order valence-corrected chi connectivity index (χ2v) is 3.29. The molecule has 0 unspecified atom stereocenters. The van der Waals surface area contributed by atoms with Gasteiger partial charge in [-0.3, -0.25) is 5.10 Å². The van der Waals surface area contributed by atoms with Crippen molar-refractivity contribution in [2.75, 3.05) is 7.11 Å². The molecule has 0 saturated carbocycles. The first kappa shape index (κ1) is 9.71. The summed E-state index contributed by atoms with van der Waals surface area (Å²) in [4.78, 5) is 0. The molecule has 0 aliphatic carbocycles. The fourth-order valence-corrected chi connectivity index (χ4v) is 1.45. The predicted octanol–water partition coefficient (Wildman–Crippen LogP) is 2.53. The largest absolute Gasteiger partial charge is 0.496 e. The van der Waals surface area contributed by atoms with Crippen molar-refractivity contribution in [2.24, 2.45) is 0 Å². The van der Waals surface area contributed by atoms with Crippen LogP contribution in [0.15, 0.2) is 24.5 Å². The number of methoxy groups -OCH3 is 1. The van der Waals surface area contributed by atoms with E-state index < -0.39 is 0 Å². The van der Waals surface area contributed by atoms with E-state index in [0.717, 1.165) is 5.56 Å². The molecule has 0 atom stereocenters. The number of aromatic nitrogens is 2. The van der Waals surface area contributed by atoms with Gasteiger partial charge < -0.3 is 4.74 Å². The van der Waals surface area contributed by atoms with Gasteiger partial charge in [0.15, 0.2) is 0 Å². The molecular weight excluding hydrogens is 195 g/mol. The Bertz CT molecular complexity index is 466. The van der Waals surface area contributed by atoms with Gasteiger partial charge in [0, 0.05) is 17.3 Å². The summed E-state index contributed by atoms with van der Waals surface area (Å²) in [6.45, 7) is 1.71. The molecule has 0 amide bonds. The molecule has 2 rings (SSSR count). The van der Waals surface area contributed by atoms with E-state index in [9.17, 15) is 4.39 Å². The highest BCUT2D eigenvalue weighted by atomic mass is 19.1. The molecule has 0 saturated heterocycles. The molecular formula is C11H11FN2O. The number of hydrogen-bond donors (Lipinski definition) is 1. The van der Waals surface area contributed by atoms with Gasteiger partial charge in [0.05, 0.1) is 13.3 Å². The number of halogens is 1. The number of aromatic amines is 1. The zero-order valence-corrected chi connectivity index (χ0v) is 8.54. The highest BCUT2D eigenvalue weighted by Crippen LogP contribution is 2.31. The van der Waals surface area contributed by atoms with E-state index in [1.807, 2.05) is 0 Å². The summed E-state index contributed by atoms with van der Waals surface area (Å²) in [5, 5.41) is 6.51. The fourth-order valence-electron chi connectivity index (χ4n) is 1.45. The van der Waals surface area contributed by atoms with Crippen LogP contribution in [0, 0.1) is 12.7 Å². The minimum absolute atomic E-state index is 0.244. The van der Waals surface area contributed by atoms with E-state index in [-0.39, 0.29) is 5.82 Å². The third kappa shape index (κ3) is 1.70. The molecule has 0 aliphatic rings. The van der Waals surface area contributed by atoms with Gasteiger partial charge in [-0.15, -0.1) is 0 Å². The maximum Gasteiger partial charge on any atom is 0.127 e. The molecule has 1 heterocycles. The van der Waals surface area contributed by atoms with Crippen molar-refractivity contribution in [3.05, 3.63) is 35.9 Å². The zero-order chi connectivity index (χ0) is 10.8. The highest BCUT2D eigenvalue weighted by molar-refractivity contribution is 5.69. The lowest BCUT2D eigenvalue weighted by molar-refractivity contribution is 0.415. The van der Waals surface area contributed by atoms with E-state index in [0.29, 0.717) is 16.9 Å².